The molecule has 16 heavy (non-hydrogen) atoms. The minimum Gasteiger partial charge on any atom is -0.291 e. The molecule has 0 aromatic rings. The molecule has 0 saturated heterocycles. The summed E-state index contributed by atoms with van der Waals surface area (Å²) in [6.07, 6.45) is 0. The zero-order valence-corrected chi connectivity index (χ0v) is 10.0. The van der Waals surface area contributed by atoms with Crippen molar-refractivity contribution >= 4 is 18.1 Å². The quantitative estimate of drug-likeness (QED) is 0.556. The second kappa shape index (κ2) is 7.34. The van der Waals surface area contributed by atoms with Crippen LogP contribution in [0.15, 0.2) is 29.0 Å². The molecule has 0 aromatic carbocycles. The number of carbonyl (C=O) groups is 2. The fraction of sp³-hybridized carbons (Fsp3) is 0.500. The van der Waals surface area contributed by atoms with Gasteiger partial charge in [0.05, 0.1) is 0 Å². The molecule has 0 spiro atoms. The lowest BCUT2D eigenvalue weighted by molar-refractivity contribution is -0.111. The van der Waals surface area contributed by atoms with Crippen LogP contribution in [0.5, 0.6) is 0 Å². The molecule has 4 heteroatoms. The van der Waals surface area contributed by atoms with Crippen LogP contribution < -0.4 is 0 Å². The molecule has 0 N–H and O–H groups in total. The molecule has 0 unspecified atom stereocenters. The highest BCUT2D eigenvalue weighted by Crippen LogP contribution is 2.50. The van der Waals surface area contributed by atoms with Crippen LogP contribution >= 0.6 is 7.05 Å². The molecule has 0 amide bonds. The summed E-state index contributed by atoms with van der Waals surface area (Å²) in [4.78, 5) is 23.5. The minimum atomic E-state index is -2.60. The first-order chi connectivity index (χ1) is 6.27. The molecule has 0 aliphatic rings. The van der Waals surface area contributed by atoms with Gasteiger partial charge in [0, 0.05) is 7.05 Å². The fourth-order valence-corrected chi connectivity index (χ4v) is 3.05. The van der Waals surface area contributed by atoms with Gasteiger partial charge in [-0.3, -0.25) is 14.3 Å². The van der Waals surface area contributed by atoms with Gasteiger partial charge in [-0.1, -0.05) is 28.0 Å². The van der Waals surface area contributed by atoms with E-state index in [1.165, 1.54) is 7.05 Å². The third kappa shape index (κ3) is 3.90. The first-order valence-electron chi connectivity index (χ1n) is 4.16. The Morgan fingerprint density at radius 3 is 1.38 bits per heavy atom. The Hall–Kier alpha value is -0.950. The third-order valence-electron chi connectivity index (χ3n) is 1.92. The molecule has 0 atom stereocenters. The van der Waals surface area contributed by atoms with Gasteiger partial charge in [-0.05, 0) is 31.7 Å². The third-order valence-corrected chi connectivity index (χ3v) is 5.07. The molecule has 94 valence electrons. The van der Waals surface area contributed by atoms with Crippen molar-refractivity contribution in [2.24, 2.45) is 4.74 Å². The normalized spacial score (nSPS) is 9.25. The maximum atomic E-state index is 11.7. The fourth-order valence-electron chi connectivity index (χ4n) is 1.02. The van der Waals surface area contributed by atoms with Crippen LogP contribution in [0.4, 0.5) is 0 Å². The first-order valence-corrected chi connectivity index (χ1v) is 6.35. The van der Waals surface area contributed by atoms with Crippen LogP contribution in [-0.2, 0) is 9.59 Å². The molecule has 3 nitrogen and oxygen atoms in total. The van der Waals surface area contributed by atoms with E-state index >= 15 is 0 Å². The van der Waals surface area contributed by atoms with Crippen molar-refractivity contribution in [3.8, 4) is 0 Å². The van der Waals surface area contributed by atoms with E-state index in [0.717, 1.165) is 0 Å². The molecular weight excluding hydrogens is 221 g/mol. The van der Waals surface area contributed by atoms with Crippen LogP contribution in [0.2, 0.25) is 0 Å². The molecule has 0 rings (SSSR count). The number of rotatable bonds is 4. The average Bonchev–Trinajstić information content (AvgIpc) is 2.13. The Kier molecular flexibility index (Phi) is 9.39. The van der Waals surface area contributed by atoms with Crippen molar-refractivity contribution in [1.82, 2.24) is 0 Å². The van der Waals surface area contributed by atoms with Crippen molar-refractivity contribution in [2.45, 2.75) is 28.7 Å². The highest BCUT2D eigenvalue weighted by atomic mass is 31.2. The summed E-state index contributed by atoms with van der Waals surface area (Å²) in [5.74, 6) is 0. The largest absolute Gasteiger partial charge is 0.291 e. The van der Waals surface area contributed by atoms with Gasteiger partial charge >= 0.3 is 0 Å². The summed E-state index contributed by atoms with van der Waals surface area (Å²) < 4.78 is 3.95. The molecule has 0 aromatic heterocycles. The summed E-state index contributed by atoms with van der Waals surface area (Å²) in [5.41, 5.74) is 0.267. The smallest absolute Gasteiger partial charge is 0.202 e. The van der Waals surface area contributed by atoms with E-state index in [1.807, 2.05) is 0 Å². The van der Waals surface area contributed by atoms with Crippen molar-refractivity contribution in [1.29, 1.82) is 0 Å². The lowest BCUT2D eigenvalue weighted by Gasteiger charge is -2.15. The van der Waals surface area contributed by atoms with Crippen LogP contribution in [0.25, 0.3) is 0 Å². The zero-order chi connectivity index (χ0) is 11.5. The second-order valence-corrected chi connectivity index (χ2v) is 6.46. The van der Waals surface area contributed by atoms with Crippen LogP contribution in [0.1, 0.15) is 28.7 Å². The van der Waals surface area contributed by atoms with E-state index in [-0.39, 0.29) is 25.9 Å². The molecule has 0 aliphatic heterocycles. The van der Waals surface area contributed by atoms with E-state index in [9.17, 15) is 9.59 Å². The van der Waals surface area contributed by atoms with Crippen molar-refractivity contribution in [3.05, 3.63) is 24.3 Å². The van der Waals surface area contributed by atoms with E-state index in [2.05, 4.69) is 17.9 Å². The average molecular weight is 245 g/mol. The van der Waals surface area contributed by atoms with Gasteiger partial charge < -0.3 is 0 Å². The van der Waals surface area contributed by atoms with Crippen LogP contribution in [-0.4, -0.2) is 24.8 Å². The first kappa shape index (κ1) is 20.5. The minimum absolute atomic E-state index is 0. The predicted molar refractivity (Wildman–Crippen MR) is 74.3 cm³/mol. The maximum absolute atomic E-state index is 11.7. The number of allylic oxidation sites excluding steroid dienone is 2. The number of hydrogen-bond donors (Lipinski definition) is 0. The molecule has 0 aliphatic carbocycles. The van der Waals surface area contributed by atoms with Crippen LogP contribution in [0.3, 0.4) is 0 Å². The number of hydrogen-bond acceptors (Lipinski definition) is 3. The Morgan fingerprint density at radius 2 is 1.25 bits per heavy atom. The Morgan fingerprint density at radius 1 is 1.00 bits per heavy atom. The van der Waals surface area contributed by atoms with Gasteiger partial charge in [0.1, 0.15) is 7.05 Å². The molecule has 0 fully saturated rings. The van der Waals surface area contributed by atoms with Crippen molar-refractivity contribution in [2.75, 3.05) is 13.7 Å². The standard InChI is InChI=1S/C10H16NO2P.2CH4/c1-7(2)9(12)14(6,11-5)10(13)8(3)4;;/h1,3H2,2,4-6H3;2*1H4. The van der Waals surface area contributed by atoms with Gasteiger partial charge in [0.2, 0.25) is 11.0 Å². The lowest BCUT2D eigenvalue weighted by Crippen LogP contribution is -2.10. The van der Waals surface area contributed by atoms with Gasteiger partial charge in [0.25, 0.3) is 0 Å². The Labute approximate surface area is 99.7 Å². The van der Waals surface area contributed by atoms with Gasteiger partial charge in [-0.2, -0.15) is 0 Å². The van der Waals surface area contributed by atoms with Crippen molar-refractivity contribution in [3.63, 3.8) is 0 Å². The van der Waals surface area contributed by atoms with E-state index in [1.54, 1.807) is 20.5 Å². The number of nitrogens with zero attached hydrogens (tertiary/aromatic N) is 1. The highest BCUT2D eigenvalue weighted by molar-refractivity contribution is 7.96. The van der Waals surface area contributed by atoms with Crippen LogP contribution in [0, 0.1) is 0 Å². The summed E-state index contributed by atoms with van der Waals surface area (Å²) in [6, 6.07) is 0. The van der Waals surface area contributed by atoms with Gasteiger partial charge in [0.15, 0.2) is 0 Å². The van der Waals surface area contributed by atoms with Crippen molar-refractivity contribution < 1.29 is 9.59 Å². The monoisotopic (exact) mass is 245 g/mol. The summed E-state index contributed by atoms with van der Waals surface area (Å²) in [5, 5.41) is 0. The van der Waals surface area contributed by atoms with Gasteiger partial charge in [-0.25, -0.2) is 0 Å². The lowest BCUT2D eigenvalue weighted by atomic mass is 10.4. The molecule has 0 saturated carbocycles. The topological polar surface area (TPSA) is 46.5 Å². The zero-order valence-electron chi connectivity index (χ0n) is 9.13. The molecular formula is C12H24NO2P. The maximum Gasteiger partial charge on any atom is 0.202 e. The SMILES string of the molecule is C.C.C=C(C)C(=O)P(C)(=NC)C(=O)C(=C)C. The summed E-state index contributed by atoms with van der Waals surface area (Å²) in [7, 11) is -1.10. The van der Waals surface area contributed by atoms with Gasteiger partial charge in [-0.15, -0.1) is 0 Å². The summed E-state index contributed by atoms with van der Waals surface area (Å²) >= 11 is 0. The van der Waals surface area contributed by atoms with E-state index in [4.69, 9.17) is 0 Å². The highest BCUT2D eigenvalue weighted by Gasteiger charge is 2.31. The Bertz CT molecular complexity index is 337. The predicted octanol–water partition coefficient (Wildman–Crippen LogP) is 3.92. The molecule has 0 heterocycles. The summed E-state index contributed by atoms with van der Waals surface area (Å²) in [6.45, 7) is 11.9. The second-order valence-electron chi connectivity index (χ2n) is 3.33. The molecule has 0 bridgehead atoms. The van der Waals surface area contributed by atoms with E-state index < -0.39 is 7.05 Å². The molecule has 0 radical (unpaired) electrons. The number of carbonyl (C=O) groups excluding carboxylic acids is 2. The Balaban J connectivity index is -0.000000845. The van der Waals surface area contributed by atoms with E-state index in [0.29, 0.717) is 11.1 Å².